The van der Waals surface area contributed by atoms with Crippen LogP contribution >= 0.6 is 0 Å². The molecule has 118 valence electrons. The SMILES string of the molecule is Cc1cccc(NCN2C(=O)[C@H]3[C@@H]4C=C[C@H]([C@@H]5C[C@@H]45)[C@@H]3C2=O)c1. The van der Waals surface area contributed by atoms with E-state index in [0.717, 1.165) is 11.3 Å². The van der Waals surface area contributed by atoms with E-state index in [1.54, 1.807) is 0 Å². The predicted octanol–water partition coefficient (Wildman–Crippen LogP) is 2.42. The van der Waals surface area contributed by atoms with Crippen LogP contribution < -0.4 is 5.32 Å². The number of allylic oxidation sites excluding steroid dienone is 2. The number of hydrogen-bond donors (Lipinski definition) is 1. The van der Waals surface area contributed by atoms with Crippen LogP contribution in [-0.2, 0) is 9.59 Å². The Bertz CT molecular complexity index is 705. The number of hydrogen-bond acceptors (Lipinski definition) is 3. The topological polar surface area (TPSA) is 49.4 Å². The Kier molecular flexibility index (Phi) is 2.59. The van der Waals surface area contributed by atoms with Crippen molar-refractivity contribution in [2.24, 2.45) is 35.5 Å². The van der Waals surface area contributed by atoms with Gasteiger partial charge in [0.05, 0.1) is 18.5 Å². The highest BCUT2D eigenvalue weighted by Crippen LogP contribution is 2.65. The number of likely N-dealkylation sites (tertiary alicyclic amines) is 1. The van der Waals surface area contributed by atoms with Crippen LogP contribution in [0.3, 0.4) is 0 Å². The monoisotopic (exact) mass is 308 g/mol. The van der Waals surface area contributed by atoms with Crippen LogP contribution in [0.2, 0.25) is 0 Å². The summed E-state index contributed by atoms with van der Waals surface area (Å²) in [6, 6.07) is 7.99. The number of imide groups is 1. The lowest BCUT2D eigenvalue weighted by molar-refractivity contribution is -0.139. The summed E-state index contributed by atoms with van der Waals surface area (Å²) in [5, 5.41) is 3.23. The molecule has 0 radical (unpaired) electrons. The third-order valence-corrected chi connectivity index (χ3v) is 6.21. The van der Waals surface area contributed by atoms with Crippen molar-refractivity contribution in [2.75, 3.05) is 12.0 Å². The first-order chi connectivity index (χ1) is 11.1. The van der Waals surface area contributed by atoms with Gasteiger partial charge >= 0.3 is 0 Å². The summed E-state index contributed by atoms with van der Waals surface area (Å²) in [7, 11) is 0. The van der Waals surface area contributed by atoms with E-state index in [2.05, 4.69) is 17.5 Å². The summed E-state index contributed by atoms with van der Waals surface area (Å²) in [5.41, 5.74) is 2.11. The van der Waals surface area contributed by atoms with Gasteiger partial charge in [0.2, 0.25) is 11.8 Å². The molecule has 0 spiro atoms. The smallest absolute Gasteiger partial charge is 0.235 e. The second kappa shape index (κ2) is 4.47. The van der Waals surface area contributed by atoms with Crippen molar-refractivity contribution in [3.63, 3.8) is 0 Å². The first-order valence-corrected chi connectivity index (χ1v) is 8.49. The lowest BCUT2D eigenvalue weighted by Gasteiger charge is -2.37. The highest BCUT2D eigenvalue weighted by molar-refractivity contribution is 6.06. The number of carbonyl (C=O) groups excluding carboxylic acids is 2. The van der Waals surface area contributed by atoms with Gasteiger partial charge in [0.25, 0.3) is 0 Å². The summed E-state index contributed by atoms with van der Waals surface area (Å²) < 4.78 is 0. The van der Waals surface area contributed by atoms with Crippen molar-refractivity contribution in [1.82, 2.24) is 4.90 Å². The fourth-order valence-corrected chi connectivity index (χ4v) is 5.10. The third-order valence-electron chi connectivity index (χ3n) is 6.21. The van der Waals surface area contributed by atoms with Crippen LogP contribution in [-0.4, -0.2) is 23.4 Å². The van der Waals surface area contributed by atoms with Crippen molar-refractivity contribution < 1.29 is 9.59 Å². The summed E-state index contributed by atoms with van der Waals surface area (Å²) in [6.07, 6.45) is 5.63. The lowest BCUT2D eigenvalue weighted by atomic mass is 9.63. The number of benzene rings is 1. The molecule has 1 aliphatic heterocycles. The van der Waals surface area contributed by atoms with Crippen LogP contribution in [0.4, 0.5) is 5.69 Å². The highest BCUT2D eigenvalue weighted by Gasteiger charge is 2.66. The first kappa shape index (κ1) is 13.3. The van der Waals surface area contributed by atoms with Crippen LogP contribution in [0.15, 0.2) is 36.4 Å². The Balaban J connectivity index is 1.37. The summed E-state index contributed by atoms with van der Waals surface area (Å²) in [5.74, 6) is 1.79. The number of nitrogens with zero attached hydrogens (tertiary/aromatic N) is 1. The molecule has 1 N–H and O–H groups in total. The molecule has 2 saturated carbocycles. The molecule has 1 saturated heterocycles. The van der Waals surface area contributed by atoms with Crippen molar-refractivity contribution in [1.29, 1.82) is 0 Å². The van der Waals surface area contributed by atoms with Gasteiger partial charge in [-0.15, -0.1) is 0 Å². The van der Waals surface area contributed by atoms with Gasteiger partial charge in [0.1, 0.15) is 0 Å². The number of aryl methyl sites for hydroxylation is 1. The molecule has 1 aromatic carbocycles. The molecule has 2 bridgehead atoms. The second-order valence-electron chi connectivity index (χ2n) is 7.46. The van der Waals surface area contributed by atoms with Crippen LogP contribution in [0.25, 0.3) is 0 Å². The van der Waals surface area contributed by atoms with Gasteiger partial charge < -0.3 is 5.32 Å². The second-order valence-corrected chi connectivity index (χ2v) is 7.46. The Labute approximate surface area is 135 Å². The molecule has 4 aliphatic carbocycles. The van der Waals surface area contributed by atoms with Crippen LogP contribution in [0.5, 0.6) is 0 Å². The zero-order chi connectivity index (χ0) is 15.7. The molecule has 0 unspecified atom stereocenters. The van der Waals surface area contributed by atoms with Gasteiger partial charge in [-0.25, -0.2) is 0 Å². The maximum atomic E-state index is 12.8. The Morgan fingerprint density at radius 1 is 1.09 bits per heavy atom. The van der Waals surface area contributed by atoms with Crippen LogP contribution in [0.1, 0.15) is 12.0 Å². The number of rotatable bonds is 3. The van der Waals surface area contributed by atoms with E-state index >= 15 is 0 Å². The molecular weight excluding hydrogens is 288 g/mol. The van der Waals surface area contributed by atoms with Gasteiger partial charge in [0, 0.05) is 5.69 Å². The van der Waals surface area contributed by atoms with E-state index in [4.69, 9.17) is 0 Å². The third kappa shape index (κ3) is 1.78. The van der Waals surface area contributed by atoms with E-state index in [0.29, 0.717) is 23.7 Å². The van der Waals surface area contributed by atoms with E-state index in [9.17, 15) is 9.59 Å². The highest BCUT2D eigenvalue weighted by atomic mass is 16.2. The van der Waals surface area contributed by atoms with Gasteiger partial charge in [-0.1, -0.05) is 24.3 Å². The molecule has 23 heavy (non-hydrogen) atoms. The van der Waals surface area contributed by atoms with E-state index in [-0.39, 0.29) is 30.3 Å². The molecule has 6 atom stereocenters. The zero-order valence-electron chi connectivity index (χ0n) is 13.1. The average molecular weight is 308 g/mol. The molecule has 5 aliphatic rings. The fraction of sp³-hybridized carbons (Fsp3) is 0.474. The predicted molar refractivity (Wildman–Crippen MR) is 86.2 cm³/mol. The molecule has 1 aromatic rings. The molecule has 6 rings (SSSR count). The Hall–Kier alpha value is -2.10. The molecule has 1 heterocycles. The quantitative estimate of drug-likeness (QED) is 0.689. The number of carbonyl (C=O) groups is 2. The zero-order valence-corrected chi connectivity index (χ0v) is 13.1. The van der Waals surface area contributed by atoms with Gasteiger partial charge in [0.15, 0.2) is 0 Å². The molecule has 3 fully saturated rings. The minimum atomic E-state index is -0.0967. The fourth-order valence-electron chi connectivity index (χ4n) is 5.10. The van der Waals surface area contributed by atoms with Crippen LogP contribution in [0, 0.1) is 42.4 Å². The number of anilines is 1. The van der Waals surface area contributed by atoms with E-state index < -0.39 is 0 Å². The number of amides is 2. The van der Waals surface area contributed by atoms with Crippen molar-refractivity contribution in [2.45, 2.75) is 13.3 Å². The lowest BCUT2D eigenvalue weighted by Crippen LogP contribution is -2.40. The van der Waals surface area contributed by atoms with Crippen molar-refractivity contribution in [3.8, 4) is 0 Å². The molecule has 0 aromatic heterocycles. The summed E-state index contributed by atoms with van der Waals surface area (Å²) in [6.45, 7) is 2.31. The normalized spacial score (nSPS) is 39.4. The average Bonchev–Trinajstić information content (AvgIpc) is 3.32. The maximum absolute atomic E-state index is 12.8. The summed E-state index contributed by atoms with van der Waals surface area (Å²) in [4.78, 5) is 27.1. The van der Waals surface area contributed by atoms with Crippen molar-refractivity contribution in [3.05, 3.63) is 42.0 Å². The van der Waals surface area contributed by atoms with Crippen molar-refractivity contribution >= 4 is 17.5 Å². The van der Waals surface area contributed by atoms with Gasteiger partial charge in [-0.05, 0) is 54.7 Å². The van der Waals surface area contributed by atoms with Gasteiger partial charge in [-0.3, -0.25) is 14.5 Å². The molecular formula is C19H20N2O2. The number of nitrogens with one attached hydrogen (secondary N) is 1. The minimum Gasteiger partial charge on any atom is -0.367 e. The van der Waals surface area contributed by atoms with Gasteiger partial charge in [-0.2, -0.15) is 0 Å². The minimum absolute atomic E-state index is 0.0323. The first-order valence-electron chi connectivity index (χ1n) is 8.49. The largest absolute Gasteiger partial charge is 0.367 e. The maximum Gasteiger partial charge on any atom is 0.235 e. The molecule has 4 heteroatoms. The Morgan fingerprint density at radius 2 is 1.74 bits per heavy atom. The van der Waals surface area contributed by atoms with E-state index in [1.165, 1.54) is 11.3 Å². The standard InChI is InChI=1S/C19H20N2O2/c1-10-3-2-4-11(7-10)20-9-21-18(22)16-12-5-6-13(15-8-14(12)15)17(16)19(21)23/h2-7,12-17,20H,8-9H2,1H3/t12-,13-,14+,15+,16+,17+/m1/s1. The molecule has 2 amide bonds. The Morgan fingerprint density at radius 3 is 2.35 bits per heavy atom. The summed E-state index contributed by atoms with van der Waals surface area (Å²) >= 11 is 0. The van der Waals surface area contributed by atoms with E-state index in [1.807, 2.05) is 31.2 Å². The molecule has 4 nitrogen and oxygen atoms in total.